The van der Waals surface area contributed by atoms with Gasteiger partial charge in [-0.3, -0.25) is 19.6 Å². The number of hydrogen-bond donors (Lipinski definition) is 1. The summed E-state index contributed by atoms with van der Waals surface area (Å²) >= 11 is 0. The molecule has 0 bridgehead atoms. The molecule has 1 aliphatic carbocycles. The predicted molar refractivity (Wildman–Crippen MR) is 131 cm³/mol. The van der Waals surface area contributed by atoms with Gasteiger partial charge in [0.15, 0.2) is 0 Å². The van der Waals surface area contributed by atoms with E-state index in [-0.39, 0.29) is 34.0 Å². The van der Waals surface area contributed by atoms with E-state index in [2.05, 4.69) is 4.72 Å². The van der Waals surface area contributed by atoms with Crippen molar-refractivity contribution >= 4 is 27.3 Å². The summed E-state index contributed by atoms with van der Waals surface area (Å²) in [4.78, 5) is 25.4. The summed E-state index contributed by atoms with van der Waals surface area (Å²) in [5.74, 6) is -0.0208. The van der Waals surface area contributed by atoms with Crippen LogP contribution in [0.3, 0.4) is 0 Å². The van der Waals surface area contributed by atoms with Gasteiger partial charge >= 0.3 is 0 Å². The highest BCUT2D eigenvalue weighted by atomic mass is 32.2. The molecular weight excluding hydrogens is 470 g/mol. The summed E-state index contributed by atoms with van der Waals surface area (Å²) < 4.78 is 33.3. The van der Waals surface area contributed by atoms with E-state index in [9.17, 15) is 23.3 Å². The van der Waals surface area contributed by atoms with Crippen LogP contribution in [0.2, 0.25) is 0 Å². The molecule has 0 aliphatic heterocycles. The maximum atomic E-state index is 13.2. The molecular formula is C25H25N3O6S. The number of non-ortho nitro benzene ring substituents is 1. The number of ether oxygens (including phenoxy) is 1. The minimum absolute atomic E-state index is 0.0557. The number of nitrogens with zero attached hydrogens (tertiary/aromatic N) is 2. The van der Waals surface area contributed by atoms with Crippen molar-refractivity contribution in [1.82, 2.24) is 4.90 Å². The number of anilines is 1. The molecule has 3 aromatic carbocycles. The van der Waals surface area contributed by atoms with Gasteiger partial charge in [-0.1, -0.05) is 29.8 Å². The first-order valence-corrected chi connectivity index (χ1v) is 12.5. The highest BCUT2D eigenvalue weighted by molar-refractivity contribution is 7.92. The third kappa shape index (κ3) is 5.60. The molecule has 0 saturated heterocycles. The monoisotopic (exact) mass is 495 g/mol. The number of carbonyl (C=O) groups is 1. The molecule has 3 aromatic rings. The molecule has 4 rings (SSSR count). The lowest BCUT2D eigenvalue weighted by Crippen LogP contribution is -2.32. The summed E-state index contributed by atoms with van der Waals surface area (Å²) in [7, 11) is -2.75. The zero-order valence-corrected chi connectivity index (χ0v) is 20.1. The minimum atomic E-state index is -4.09. The van der Waals surface area contributed by atoms with Crippen LogP contribution in [0.5, 0.6) is 5.75 Å². The standard InChI is InChI=1S/C25H25N3O6S/c1-17-3-5-18(6-4-17)16-27(20-9-10-20)25(29)19-7-12-22(13-8-19)35(32,33)26-23-15-21(28(30)31)11-14-24(23)34-2/h3-8,11-15,20,26H,9-10,16H2,1-2H3. The number of nitrogens with one attached hydrogen (secondary N) is 1. The van der Waals surface area contributed by atoms with Crippen LogP contribution in [-0.2, 0) is 16.6 Å². The molecule has 10 heteroatoms. The molecule has 1 aliphatic rings. The van der Waals surface area contributed by atoms with Crippen LogP contribution >= 0.6 is 0 Å². The molecule has 0 unspecified atom stereocenters. The van der Waals surface area contributed by atoms with Gasteiger partial charge in [-0.15, -0.1) is 0 Å². The Balaban J connectivity index is 1.53. The molecule has 0 radical (unpaired) electrons. The highest BCUT2D eigenvalue weighted by Gasteiger charge is 2.33. The van der Waals surface area contributed by atoms with Gasteiger partial charge in [0, 0.05) is 30.3 Å². The van der Waals surface area contributed by atoms with Gasteiger partial charge in [0.2, 0.25) is 0 Å². The van der Waals surface area contributed by atoms with Crippen molar-refractivity contribution in [2.24, 2.45) is 0 Å². The molecule has 0 atom stereocenters. The van der Waals surface area contributed by atoms with Crippen LogP contribution in [0, 0.1) is 17.0 Å². The van der Waals surface area contributed by atoms with Crippen LogP contribution in [-0.4, -0.2) is 37.3 Å². The number of methoxy groups -OCH3 is 1. The van der Waals surface area contributed by atoms with Crippen molar-refractivity contribution in [1.29, 1.82) is 0 Å². The molecule has 1 N–H and O–H groups in total. The topological polar surface area (TPSA) is 119 Å². The second kappa shape index (κ2) is 9.75. The third-order valence-corrected chi connectivity index (χ3v) is 7.15. The van der Waals surface area contributed by atoms with Gasteiger partial charge in [-0.25, -0.2) is 8.42 Å². The molecule has 1 fully saturated rings. The number of nitro groups is 1. The van der Waals surface area contributed by atoms with E-state index < -0.39 is 14.9 Å². The number of amides is 1. The fourth-order valence-electron chi connectivity index (χ4n) is 3.68. The van der Waals surface area contributed by atoms with Crippen molar-refractivity contribution in [3.8, 4) is 5.75 Å². The second-order valence-electron chi connectivity index (χ2n) is 8.42. The maximum Gasteiger partial charge on any atom is 0.271 e. The number of aryl methyl sites for hydroxylation is 1. The van der Waals surface area contributed by atoms with Crippen molar-refractivity contribution in [2.75, 3.05) is 11.8 Å². The predicted octanol–water partition coefficient (Wildman–Crippen LogP) is 4.52. The highest BCUT2D eigenvalue weighted by Crippen LogP contribution is 2.32. The number of carbonyl (C=O) groups excluding carboxylic acids is 1. The second-order valence-corrected chi connectivity index (χ2v) is 10.1. The molecule has 35 heavy (non-hydrogen) atoms. The first-order valence-electron chi connectivity index (χ1n) is 11.0. The van der Waals surface area contributed by atoms with Crippen molar-refractivity contribution in [2.45, 2.75) is 37.2 Å². The lowest BCUT2D eigenvalue weighted by Gasteiger charge is -2.23. The smallest absolute Gasteiger partial charge is 0.271 e. The van der Waals surface area contributed by atoms with Crippen molar-refractivity contribution in [3.63, 3.8) is 0 Å². The van der Waals surface area contributed by atoms with Crippen LogP contribution in [0.1, 0.15) is 34.3 Å². The molecule has 0 heterocycles. The Morgan fingerprint density at radius 3 is 2.31 bits per heavy atom. The van der Waals surface area contributed by atoms with E-state index in [0.29, 0.717) is 12.1 Å². The van der Waals surface area contributed by atoms with Gasteiger partial charge in [-0.2, -0.15) is 0 Å². The Morgan fingerprint density at radius 1 is 1.09 bits per heavy atom. The molecule has 0 spiro atoms. The lowest BCUT2D eigenvalue weighted by molar-refractivity contribution is -0.384. The van der Waals surface area contributed by atoms with E-state index in [1.54, 1.807) is 0 Å². The number of nitro benzene ring substituents is 1. The maximum absolute atomic E-state index is 13.2. The molecule has 9 nitrogen and oxygen atoms in total. The average Bonchev–Trinajstić information content (AvgIpc) is 3.68. The Kier molecular flexibility index (Phi) is 6.74. The van der Waals surface area contributed by atoms with Gasteiger partial charge in [0.05, 0.1) is 22.6 Å². The Labute approximate surface area is 203 Å². The first kappa shape index (κ1) is 24.2. The van der Waals surface area contributed by atoms with Crippen LogP contribution in [0.15, 0.2) is 71.6 Å². The first-order chi connectivity index (χ1) is 16.7. The van der Waals surface area contributed by atoms with E-state index >= 15 is 0 Å². The fraction of sp³-hybridized carbons (Fsp3) is 0.240. The fourth-order valence-corrected chi connectivity index (χ4v) is 4.74. The molecule has 1 saturated carbocycles. The summed E-state index contributed by atoms with van der Waals surface area (Å²) in [6.07, 6.45) is 1.89. The SMILES string of the molecule is COc1ccc([N+](=O)[O-])cc1NS(=O)(=O)c1ccc(C(=O)N(Cc2ccc(C)cc2)C2CC2)cc1. The normalized spacial score (nSPS) is 13.2. The minimum Gasteiger partial charge on any atom is -0.495 e. The van der Waals surface area contributed by atoms with Crippen LogP contribution in [0.25, 0.3) is 0 Å². The summed E-state index contributed by atoms with van der Waals surface area (Å²) in [6, 6.07) is 17.5. The summed E-state index contributed by atoms with van der Waals surface area (Å²) in [5.41, 5.74) is 2.23. The number of sulfonamides is 1. The van der Waals surface area contributed by atoms with E-state index in [4.69, 9.17) is 4.74 Å². The third-order valence-electron chi connectivity index (χ3n) is 5.77. The van der Waals surface area contributed by atoms with Gasteiger partial charge in [0.25, 0.3) is 21.6 Å². The Morgan fingerprint density at radius 2 is 1.74 bits per heavy atom. The zero-order chi connectivity index (χ0) is 25.2. The number of rotatable bonds is 9. The van der Waals surface area contributed by atoms with Gasteiger partial charge < -0.3 is 9.64 Å². The quantitative estimate of drug-likeness (QED) is 0.344. The molecule has 1 amide bonds. The number of benzene rings is 3. The van der Waals surface area contributed by atoms with Crippen molar-refractivity contribution < 1.29 is 22.9 Å². The van der Waals surface area contributed by atoms with E-state index in [1.807, 2.05) is 36.1 Å². The lowest BCUT2D eigenvalue weighted by atomic mass is 10.1. The Bertz CT molecular complexity index is 1350. The summed E-state index contributed by atoms with van der Waals surface area (Å²) in [5, 5.41) is 11.1. The largest absolute Gasteiger partial charge is 0.495 e. The van der Waals surface area contributed by atoms with Crippen LogP contribution < -0.4 is 9.46 Å². The zero-order valence-electron chi connectivity index (χ0n) is 19.3. The number of hydrogen-bond acceptors (Lipinski definition) is 6. The van der Waals surface area contributed by atoms with E-state index in [1.165, 1.54) is 43.5 Å². The molecule has 182 valence electrons. The van der Waals surface area contributed by atoms with Crippen molar-refractivity contribution in [3.05, 3.63) is 93.5 Å². The van der Waals surface area contributed by atoms with Gasteiger partial charge in [-0.05, 0) is 55.7 Å². The Hall–Kier alpha value is -3.92. The van der Waals surface area contributed by atoms with Gasteiger partial charge in [0.1, 0.15) is 5.75 Å². The van der Waals surface area contributed by atoms with E-state index in [0.717, 1.165) is 30.0 Å². The summed E-state index contributed by atoms with van der Waals surface area (Å²) in [6.45, 7) is 2.49. The molecule has 0 aromatic heterocycles. The van der Waals surface area contributed by atoms with Crippen LogP contribution in [0.4, 0.5) is 11.4 Å². The average molecular weight is 496 g/mol.